The summed E-state index contributed by atoms with van der Waals surface area (Å²) in [5.74, 6) is 0.238. The van der Waals surface area contributed by atoms with Crippen molar-refractivity contribution < 1.29 is 29.1 Å². The van der Waals surface area contributed by atoms with Crippen molar-refractivity contribution in [3.05, 3.63) is 0 Å². The Morgan fingerprint density at radius 1 is 1.32 bits per heavy atom. The van der Waals surface area contributed by atoms with Crippen molar-refractivity contribution in [1.82, 2.24) is 10.2 Å². The lowest BCUT2D eigenvalue weighted by Crippen LogP contribution is -2.66. The standard InChI is InChI=1S/C18H33ClN2O6S/c1-5-6-10-7-11(21(3)8-10)17(25)20-12(9(2)19)16-14(23)13(22)15(24)18(27-16)28(4)26/h9-16,18,22-24H,5-8H2,1-4H3,(H,20,25)/t9-,10+,11-,12-,13-,14-,15+,16-,18-,28+/m1/s1. The zero-order valence-electron chi connectivity index (χ0n) is 16.8. The summed E-state index contributed by atoms with van der Waals surface area (Å²) in [6.07, 6.45) is -1.41. The van der Waals surface area contributed by atoms with Crippen LogP contribution in [0.2, 0.25) is 0 Å². The van der Waals surface area contributed by atoms with Crippen LogP contribution in [0.4, 0.5) is 0 Å². The second-order valence-electron chi connectivity index (χ2n) is 8.00. The largest absolute Gasteiger partial charge is 0.388 e. The lowest BCUT2D eigenvalue weighted by atomic mass is 9.92. The first-order valence-electron chi connectivity index (χ1n) is 9.75. The molecule has 2 heterocycles. The molecule has 0 aromatic rings. The van der Waals surface area contributed by atoms with E-state index in [0.717, 1.165) is 25.8 Å². The summed E-state index contributed by atoms with van der Waals surface area (Å²) in [7, 11) is 0.301. The van der Waals surface area contributed by atoms with E-state index in [1.807, 2.05) is 11.9 Å². The highest BCUT2D eigenvalue weighted by Crippen LogP contribution is 2.29. The number of likely N-dealkylation sites (N-methyl/N-ethyl adjacent to an activating group) is 1. The Hall–Kier alpha value is -0.290. The fourth-order valence-electron chi connectivity index (χ4n) is 4.19. The van der Waals surface area contributed by atoms with Crippen molar-refractivity contribution in [3.63, 3.8) is 0 Å². The topological polar surface area (TPSA) is 119 Å². The number of carbonyl (C=O) groups excluding carboxylic acids is 1. The molecular formula is C18H33ClN2O6S. The van der Waals surface area contributed by atoms with Gasteiger partial charge in [0.2, 0.25) is 5.91 Å². The summed E-state index contributed by atoms with van der Waals surface area (Å²) in [6.45, 7) is 4.61. The maximum atomic E-state index is 12.9. The average molecular weight is 441 g/mol. The number of aliphatic hydroxyl groups excluding tert-OH is 3. The Kier molecular flexibility index (Phi) is 8.69. The minimum atomic E-state index is -1.60. The maximum absolute atomic E-state index is 12.9. The van der Waals surface area contributed by atoms with Crippen molar-refractivity contribution >= 4 is 28.3 Å². The van der Waals surface area contributed by atoms with E-state index in [0.29, 0.717) is 5.92 Å². The molecule has 0 bridgehead atoms. The molecule has 2 fully saturated rings. The normalized spacial score (nSPS) is 40.1. The average Bonchev–Trinajstić information content (AvgIpc) is 2.98. The maximum Gasteiger partial charge on any atom is 0.237 e. The van der Waals surface area contributed by atoms with Crippen LogP contribution >= 0.6 is 11.6 Å². The van der Waals surface area contributed by atoms with Gasteiger partial charge in [-0.05, 0) is 32.7 Å². The quantitative estimate of drug-likeness (QED) is 0.390. The van der Waals surface area contributed by atoms with Crippen LogP contribution in [-0.4, -0.2) is 97.5 Å². The summed E-state index contributed by atoms with van der Waals surface area (Å²) in [5.41, 5.74) is -1.18. The fraction of sp³-hybridized carbons (Fsp3) is 0.944. The monoisotopic (exact) mass is 440 g/mol. The van der Waals surface area contributed by atoms with Crippen LogP contribution in [0.1, 0.15) is 33.1 Å². The van der Waals surface area contributed by atoms with Gasteiger partial charge in [0.25, 0.3) is 0 Å². The second kappa shape index (κ2) is 10.1. The van der Waals surface area contributed by atoms with Crippen molar-refractivity contribution in [2.45, 2.75) is 80.4 Å². The number of ether oxygens (including phenoxy) is 1. The van der Waals surface area contributed by atoms with Crippen molar-refractivity contribution in [1.29, 1.82) is 0 Å². The molecule has 0 unspecified atom stereocenters. The summed E-state index contributed by atoms with van der Waals surface area (Å²) >= 11 is 6.28. The van der Waals surface area contributed by atoms with Crippen LogP contribution in [0.3, 0.4) is 0 Å². The van der Waals surface area contributed by atoms with Gasteiger partial charge in [-0.15, -0.1) is 11.6 Å². The first kappa shape index (κ1) is 24.0. The van der Waals surface area contributed by atoms with Crippen molar-refractivity contribution in [2.75, 3.05) is 19.8 Å². The van der Waals surface area contributed by atoms with Gasteiger partial charge in [-0.25, -0.2) is 0 Å². The number of rotatable bonds is 7. The number of hydrogen-bond acceptors (Lipinski definition) is 7. The third-order valence-corrected chi connectivity index (χ3v) is 7.04. The zero-order valence-corrected chi connectivity index (χ0v) is 18.4. The van der Waals surface area contributed by atoms with Gasteiger partial charge in [0.15, 0.2) is 5.44 Å². The van der Waals surface area contributed by atoms with Gasteiger partial charge in [0.05, 0.1) is 28.3 Å². The number of nitrogens with one attached hydrogen (secondary N) is 1. The molecule has 2 aliphatic heterocycles. The molecule has 10 heteroatoms. The molecule has 2 rings (SSSR count). The molecule has 0 aliphatic carbocycles. The second-order valence-corrected chi connectivity index (χ2v) is 10.1. The molecule has 0 spiro atoms. The molecule has 4 N–H and O–H groups in total. The molecule has 28 heavy (non-hydrogen) atoms. The van der Waals surface area contributed by atoms with Gasteiger partial charge in [0, 0.05) is 12.8 Å². The Labute approximate surface area is 174 Å². The fourth-order valence-corrected chi connectivity index (χ4v) is 5.24. The lowest BCUT2D eigenvalue weighted by Gasteiger charge is -2.43. The highest BCUT2D eigenvalue weighted by atomic mass is 35.5. The van der Waals surface area contributed by atoms with E-state index in [4.69, 9.17) is 16.3 Å². The molecule has 2 aliphatic rings. The molecule has 0 saturated carbocycles. The molecule has 8 nitrogen and oxygen atoms in total. The van der Waals surface area contributed by atoms with E-state index in [-0.39, 0.29) is 11.9 Å². The third kappa shape index (κ3) is 5.24. The van der Waals surface area contributed by atoms with Crippen LogP contribution in [0, 0.1) is 5.92 Å². The minimum absolute atomic E-state index is 0.218. The first-order chi connectivity index (χ1) is 13.1. The summed E-state index contributed by atoms with van der Waals surface area (Å²) in [5, 5.41) is 32.8. The highest BCUT2D eigenvalue weighted by Gasteiger charge is 2.49. The molecule has 10 atom stereocenters. The van der Waals surface area contributed by atoms with E-state index >= 15 is 0 Å². The Morgan fingerprint density at radius 3 is 2.50 bits per heavy atom. The SMILES string of the molecule is CCC[C@H]1C[C@H](C(=O)N[C@@H]([C@H]2O[C@H]([S@](C)=O)[C@@H](O)[C@H](O)[C@H]2O)[C@@H](C)Cl)N(C)C1. The zero-order chi connectivity index (χ0) is 21.2. The molecule has 164 valence electrons. The van der Waals surface area contributed by atoms with E-state index in [9.17, 15) is 24.3 Å². The van der Waals surface area contributed by atoms with Gasteiger partial charge < -0.3 is 25.4 Å². The number of likely N-dealkylation sites (tertiary alicyclic amines) is 1. The van der Waals surface area contributed by atoms with E-state index < -0.39 is 52.1 Å². The summed E-state index contributed by atoms with van der Waals surface area (Å²) in [6, 6.07) is -1.13. The minimum Gasteiger partial charge on any atom is -0.388 e. The third-order valence-electron chi connectivity index (χ3n) is 5.73. The van der Waals surface area contributed by atoms with Crippen LogP contribution in [0.15, 0.2) is 0 Å². The van der Waals surface area contributed by atoms with Crippen molar-refractivity contribution in [3.8, 4) is 0 Å². The lowest BCUT2D eigenvalue weighted by molar-refractivity contribution is -0.206. The number of amides is 1. The predicted molar refractivity (Wildman–Crippen MR) is 107 cm³/mol. The van der Waals surface area contributed by atoms with E-state index in [1.165, 1.54) is 6.26 Å². The number of halogens is 1. The molecular weight excluding hydrogens is 408 g/mol. The number of nitrogens with zero attached hydrogens (tertiary/aromatic N) is 1. The van der Waals surface area contributed by atoms with E-state index in [1.54, 1.807) is 6.92 Å². The number of aliphatic hydroxyl groups is 3. The van der Waals surface area contributed by atoms with E-state index in [2.05, 4.69) is 12.2 Å². The van der Waals surface area contributed by atoms with Gasteiger partial charge in [0.1, 0.15) is 24.4 Å². The number of carbonyl (C=O) groups is 1. The van der Waals surface area contributed by atoms with Crippen LogP contribution in [-0.2, 0) is 20.3 Å². The number of hydrogen-bond donors (Lipinski definition) is 4. The smallest absolute Gasteiger partial charge is 0.237 e. The van der Waals surface area contributed by atoms with Gasteiger partial charge >= 0.3 is 0 Å². The molecule has 0 aromatic carbocycles. The Bertz CT molecular complexity index is 568. The Morgan fingerprint density at radius 2 is 1.96 bits per heavy atom. The summed E-state index contributed by atoms with van der Waals surface area (Å²) in [4.78, 5) is 14.9. The molecule has 1 amide bonds. The van der Waals surface area contributed by atoms with Crippen LogP contribution < -0.4 is 5.32 Å². The predicted octanol–water partition coefficient (Wildman–Crippen LogP) is -0.595. The molecule has 0 aromatic heterocycles. The van der Waals surface area contributed by atoms with Crippen LogP contribution in [0.5, 0.6) is 0 Å². The summed E-state index contributed by atoms with van der Waals surface area (Å²) < 4.78 is 17.5. The van der Waals surface area contributed by atoms with Crippen LogP contribution in [0.25, 0.3) is 0 Å². The Balaban J connectivity index is 2.14. The number of alkyl halides is 1. The highest BCUT2D eigenvalue weighted by molar-refractivity contribution is 7.84. The first-order valence-corrected chi connectivity index (χ1v) is 11.8. The molecule has 0 radical (unpaired) electrons. The van der Waals surface area contributed by atoms with Gasteiger partial charge in [-0.1, -0.05) is 13.3 Å². The van der Waals surface area contributed by atoms with Gasteiger partial charge in [-0.3, -0.25) is 13.9 Å². The molecule has 2 saturated heterocycles. The van der Waals surface area contributed by atoms with Crippen molar-refractivity contribution in [2.24, 2.45) is 5.92 Å². The van der Waals surface area contributed by atoms with Gasteiger partial charge in [-0.2, -0.15) is 0 Å².